The minimum atomic E-state index is -0.241. The van der Waals surface area contributed by atoms with Gasteiger partial charge in [0.2, 0.25) is 0 Å². The third kappa shape index (κ3) is 4.00. The van der Waals surface area contributed by atoms with Gasteiger partial charge in [-0.2, -0.15) is 0 Å². The number of benzene rings is 1. The van der Waals surface area contributed by atoms with Gasteiger partial charge in [-0.3, -0.25) is 9.36 Å². The van der Waals surface area contributed by atoms with Gasteiger partial charge in [-0.25, -0.2) is 4.98 Å². The second-order valence-corrected chi connectivity index (χ2v) is 5.48. The highest BCUT2D eigenvalue weighted by atomic mass is 16.5. The lowest BCUT2D eigenvalue weighted by Gasteiger charge is -2.07. The van der Waals surface area contributed by atoms with Crippen LogP contribution >= 0.6 is 0 Å². The van der Waals surface area contributed by atoms with Gasteiger partial charge in [0.05, 0.1) is 7.11 Å². The van der Waals surface area contributed by atoms with Crippen LogP contribution < -0.4 is 10.1 Å². The van der Waals surface area contributed by atoms with Gasteiger partial charge in [0.25, 0.3) is 5.91 Å². The SMILES string of the molecule is COc1ccc(CCNC(=O)c2ccc(-n3ccnc3C)nn2)cc1. The van der Waals surface area contributed by atoms with Crippen molar-refractivity contribution >= 4 is 5.91 Å². The Balaban J connectivity index is 1.55. The fourth-order valence-electron chi connectivity index (χ4n) is 2.40. The fourth-order valence-corrected chi connectivity index (χ4v) is 2.40. The lowest BCUT2D eigenvalue weighted by Crippen LogP contribution is -2.26. The van der Waals surface area contributed by atoms with E-state index in [1.54, 1.807) is 36.2 Å². The number of imidazole rings is 1. The molecule has 0 saturated carbocycles. The van der Waals surface area contributed by atoms with Crippen LogP contribution in [0.4, 0.5) is 0 Å². The number of nitrogens with one attached hydrogen (secondary N) is 1. The lowest BCUT2D eigenvalue weighted by molar-refractivity contribution is 0.0948. The quantitative estimate of drug-likeness (QED) is 0.743. The molecule has 0 atom stereocenters. The standard InChI is InChI=1S/C18H19N5O2/c1-13-19-11-12-23(13)17-8-7-16(21-22-17)18(24)20-10-9-14-3-5-15(25-2)6-4-14/h3-8,11-12H,9-10H2,1-2H3,(H,20,24). The number of hydrogen-bond acceptors (Lipinski definition) is 5. The Morgan fingerprint density at radius 1 is 1.16 bits per heavy atom. The zero-order valence-electron chi connectivity index (χ0n) is 14.1. The van der Waals surface area contributed by atoms with Crippen LogP contribution in [0.5, 0.6) is 5.75 Å². The summed E-state index contributed by atoms with van der Waals surface area (Å²) in [6, 6.07) is 11.2. The third-order valence-corrected chi connectivity index (χ3v) is 3.81. The van der Waals surface area contributed by atoms with Crippen molar-refractivity contribution in [3.8, 4) is 11.6 Å². The van der Waals surface area contributed by atoms with Gasteiger partial charge >= 0.3 is 0 Å². The molecule has 0 aliphatic carbocycles. The van der Waals surface area contributed by atoms with E-state index >= 15 is 0 Å². The van der Waals surface area contributed by atoms with E-state index in [9.17, 15) is 4.79 Å². The first-order valence-electron chi connectivity index (χ1n) is 7.92. The van der Waals surface area contributed by atoms with Crippen LogP contribution in [0.3, 0.4) is 0 Å². The second-order valence-electron chi connectivity index (χ2n) is 5.48. The summed E-state index contributed by atoms with van der Waals surface area (Å²) < 4.78 is 6.93. The molecule has 7 heteroatoms. The number of ether oxygens (including phenoxy) is 1. The summed E-state index contributed by atoms with van der Waals surface area (Å²) in [5.41, 5.74) is 1.41. The van der Waals surface area contributed by atoms with E-state index in [1.807, 2.05) is 31.2 Å². The average Bonchev–Trinajstić information content (AvgIpc) is 3.08. The van der Waals surface area contributed by atoms with Crippen LogP contribution in [0.2, 0.25) is 0 Å². The first-order valence-corrected chi connectivity index (χ1v) is 7.92. The van der Waals surface area contributed by atoms with Crippen LogP contribution in [0.25, 0.3) is 5.82 Å². The van der Waals surface area contributed by atoms with Crippen molar-refractivity contribution in [3.63, 3.8) is 0 Å². The maximum absolute atomic E-state index is 12.1. The molecule has 0 aliphatic heterocycles. The highest BCUT2D eigenvalue weighted by molar-refractivity contribution is 5.92. The van der Waals surface area contributed by atoms with Gasteiger partial charge in [0, 0.05) is 18.9 Å². The molecule has 0 saturated heterocycles. The van der Waals surface area contributed by atoms with Gasteiger partial charge in [0.1, 0.15) is 11.6 Å². The Morgan fingerprint density at radius 2 is 1.96 bits per heavy atom. The van der Waals surface area contributed by atoms with Crippen LogP contribution in [0, 0.1) is 6.92 Å². The summed E-state index contributed by atoms with van der Waals surface area (Å²) in [4.78, 5) is 16.3. The lowest BCUT2D eigenvalue weighted by atomic mass is 10.1. The zero-order valence-corrected chi connectivity index (χ0v) is 14.1. The van der Waals surface area contributed by atoms with Crippen molar-refractivity contribution in [3.05, 3.63) is 65.9 Å². The van der Waals surface area contributed by atoms with Crippen LogP contribution in [-0.2, 0) is 6.42 Å². The highest BCUT2D eigenvalue weighted by Gasteiger charge is 2.09. The number of aromatic nitrogens is 4. The molecule has 0 bridgehead atoms. The number of nitrogens with zero attached hydrogens (tertiary/aromatic N) is 4. The monoisotopic (exact) mass is 337 g/mol. The van der Waals surface area contributed by atoms with Gasteiger partial charge in [-0.1, -0.05) is 12.1 Å². The third-order valence-electron chi connectivity index (χ3n) is 3.81. The van der Waals surface area contributed by atoms with E-state index in [0.29, 0.717) is 12.4 Å². The Morgan fingerprint density at radius 3 is 2.56 bits per heavy atom. The number of carbonyl (C=O) groups is 1. The van der Waals surface area contributed by atoms with E-state index in [-0.39, 0.29) is 11.6 Å². The molecule has 2 heterocycles. The number of aryl methyl sites for hydroxylation is 1. The van der Waals surface area contributed by atoms with Crippen molar-refractivity contribution in [2.45, 2.75) is 13.3 Å². The Kier molecular flexibility index (Phi) is 5.03. The maximum atomic E-state index is 12.1. The van der Waals surface area contributed by atoms with Crippen LogP contribution in [0.15, 0.2) is 48.8 Å². The molecular weight excluding hydrogens is 318 g/mol. The van der Waals surface area contributed by atoms with Gasteiger partial charge in [-0.05, 0) is 43.2 Å². The van der Waals surface area contributed by atoms with Crippen molar-refractivity contribution < 1.29 is 9.53 Å². The van der Waals surface area contributed by atoms with E-state index < -0.39 is 0 Å². The van der Waals surface area contributed by atoms with E-state index in [2.05, 4.69) is 20.5 Å². The summed E-state index contributed by atoms with van der Waals surface area (Å²) in [6.45, 7) is 2.40. The average molecular weight is 337 g/mol. The Labute approximate surface area is 145 Å². The molecule has 25 heavy (non-hydrogen) atoms. The molecule has 7 nitrogen and oxygen atoms in total. The minimum absolute atomic E-state index is 0.241. The van der Waals surface area contributed by atoms with Crippen molar-refractivity contribution in [1.82, 2.24) is 25.1 Å². The fraction of sp³-hybridized carbons (Fsp3) is 0.222. The summed E-state index contributed by atoms with van der Waals surface area (Å²) in [7, 11) is 1.63. The molecule has 1 amide bonds. The summed E-state index contributed by atoms with van der Waals surface area (Å²) in [6.07, 6.45) is 4.22. The number of hydrogen-bond donors (Lipinski definition) is 1. The van der Waals surface area contributed by atoms with Crippen LogP contribution in [0.1, 0.15) is 21.9 Å². The minimum Gasteiger partial charge on any atom is -0.497 e. The second kappa shape index (κ2) is 7.57. The zero-order chi connectivity index (χ0) is 17.6. The van der Waals surface area contributed by atoms with E-state index in [0.717, 1.165) is 23.6 Å². The highest BCUT2D eigenvalue weighted by Crippen LogP contribution is 2.11. The molecule has 0 fully saturated rings. The van der Waals surface area contributed by atoms with Crippen LogP contribution in [-0.4, -0.2) is 39.3 Å². The maximum Gasteiger partial charge on any atom is 0.271 e. The number of rotatable bonds is 6. The Bertz CT molecular complexity index is 841. The van der Waals surface area contributed by atoms with Crippen molar-refractivity contribution in [1.29, 1.82) is 0 Å². The smallest absolute Gasteiger partial charge is 0.271 e. The molecule has 3 aromatic rings. The molecule has 1 aromatic carbocycles. The first-order chi connectivity index (χ1) is 12.2. The number of amides is 1. The summed E-state index contributed by atoms with van der Waals surface area (Å²) in [5, 5.41) is 10.9. The molecule has 0 spiro atoms. The molecule has 0 aliphatic rings. The van der Waals surface area contributed by atoms with E-state index in [4.69, 9.17) is 4.74 Å². The van der Waals surface area contributed by atoms with Gasteiger partial charge in [-0.15, -0.1) is 10.2 Å². The van der Waals surface area contributed by atoms with Crippen molar-refractivity contribution in [2.24, 2.45) is 0 Å². The molecule has 3 rings (SSSR count). The van der Waals surface area contributed by atoms with E-state index in [1.165, 1.54) is 0 Å². The molecule has 128 valence electrons. The van der Waals surface area contributed by atoms with Gasteiger partial charge < -0.3 is 10.1 Å². The normalized spacial score (nSPS) is 10.5. The summed E-state index contributed by atoms with van der Waals surface area (Å²) in [5.74, 6) is 2.02. The molecule has 2 aromatic heterocycles. The Hall–Kier alpha value is -3.22. The largest absolute Gasteiger partial charge is 0.497 e. The summed E-state index contributed by atoms with van der Waals surface area (Å²) >= 11 is 0. The number of carbonyl (C=O) groups excluding carboxylic acids is 1. The molecular formula is C18H19N5O2. The molecule has 1 N–H and O–H groups in total. The predicted octanol–water partition coefficient (Wildman–Crippen LogP) is 1.95. The first kappa shape index (κ1) is 16.6. The predicted molar refractivity (Wildman–Crippen MR) is 92.9 cm³/mol. The van der Waals surface area contributed by atoms with Gasteiger partial charge in [0.15, 0.2) is 11.5 Å². The molecule has 0 radical (unpaired) electrons. The van der Waals surface area contributed by atoms with Crippen molar-refractivity contribution in [2.75, 3.05) is 13.7 Å². The molecule has 0 unspecified atom stereocenters. The number of methoxy groups -OCH3 is 1. The topological polar surface area (TPSA) is 81.9 Å².